The Morgan fingerprint density at radius 2 is 1.17 bits per heavy atom. The van der Waals surface area contributed by atoms with Gasteiger partial charge >= 0.3 is 0 Å². The molecule has 0 saturated carbocycles. The Labute approximate surface area is 188 Å². The van der Waals surface area contributed by atoms with Crippen LogP contribution in [0.2, 0.25) is 0 Å². The van der Waals surface area contributed by atoms with Crippen molar-refractivity contribution < 1.29 is 19.5 Å². The number of carboxylic acid groups (broad SMARTS) is 1. The predicted molar refractivity (Wildman–Crippen MR) is 126 cm³/mol. The molecule has 1 unspecified atom stereocenters. The molecule has 1 atom stereocenters. The second kappa shape index (κ2) is 20.3. The smallest absolute Gasteiger partial charge is 0.105 e. The van der Waals surface area contributed by atoms with Crippen LogP contribution < -0.4 is 5.11 Å². The van der Waals surface area contributed by atoms with Gasteiger partial charge in [-0.2, -0.15) is 0 Å². The Kier molecular flexibility index (Phi) is 19.9. The number of aliphatic hydroxyl groups excluding tert-OH is 1. The molecular formula is C26H53NO3. The molecule has 0 rings (SSSR count). The molecule has 0 spiro atoms. The number of hydrogen-bond donors (Lipinski definition) is 1. The van der Waals surface area contributed by atoms with Crippen LogP contribution in [0, 0.1) is 0 Å². The third-order valence-electron chi connectivity index (χ3n) is 6.24. The molecule has 0 aromatic rings. The zero-order valence-corrected chi connectivity index (χ0v) is 20.6. The van der Waals surface area contributed by atoms with Crippen LogP contribution in [0.1, 0.15) is 129 Å². The largest absolute Gasteiger partial charge is 0.550 e. The summed E-state index contributed by atoms with van der Waals surface area (Å²) in [7, 11) is 4.51. The summed E-state index contributed by atoms with van der Waals surface area (Å²) in [6.07, 6.45) is 22.1. The lowest BCUT2D eigenvalue weighted by molar-refractivity contribution is -0.893. The minimum atomic E-state index is -0.919. The Morgan fingerprint density at radius 3 is 1.67 bits per heavy atom. The van der Waals surface area contributed by atoms with E-state index in [1.54, 1.807) is 0 Å². The standard InChI is InChI=1S/C26H53NO3/c1-4-5-6-7-8-12-15-18-21-25(28)24-27(2,3)23-20-17-14-11-9-10-13-16-19-22-26(29)30/h25,28H,4-24H2,1-3H3. The van der Waals surface area contributed by atoms with Crippen molar-refractivity contribution in [2.45, 2.75) is 135 Å². The van der Waals surface area contributed by atoms with Crippen LogP contribution in [-0.2, 0) is 4.79 Å². The van der Waals surface area contributed by atoms with Crippen LogP contribution in [0.25, 0.3) is 0 Å². The second-order valence-corrected chi connectivity index (χ2v) is 10.1. The average molecular weight is 428 g/mol. The van der Waals surface area contributed by atoms with Gasteiger partial charge in [-0.15, -0.1) is 0 Å². The van der Waals surface area contributed by atoms with E-state index in [2.05, 4.69) is 21.0 Å². The highest BCUT2D eigenvalue weighted by Gasteiger charge is 2.19. The van der Waals surface area contributed by atoms with E-state index in [4.69, 9.17) is 0 Å². The summed E-state index contributed by atoms with van der Waals surface area (Å²) >= 11 is 0. The van der Waals surface area contributed by atoms with Crippen molar-refractivity contribution in [2.24, 2.45) is 0 Å². The van der Waals surface area contributed by atoms with Crippen LogP contribution >= 0.6 is 0 Å². The number of nitrogens with zero attached hydrogens (tertiary/aromatic N) is 1. The zero-order chi connectivity index (χ0) is 22.5. The van der Waals surface area contributed by atoms with Gasteiger partial charge in [0.15, 0.2) is 0 Å². The summed E-state index contributed by atoms with van der Waals surface area (Å²) in [5, 5.41) is 20.7. The van der Waals surface area contributed by atoms with E-state index < -0.39 is 5.97 Å². The molecule has 0 aromatic heterocycles. The third kappa shape index (κ3) is 22.1. The van der Waals surface area contributed by atoms with Crippen LogP contribution in [0.15, 0.2) is 0 Å². The van der Waals surface area contributed by atoms with Crippen molar-refractivity contribution in [3.05, 3.63) is 0 Å². The second-order valence-electron chi connectivity index (χ2n) is 10.1. The molecule has 0 amide bonds. The van der Waals surface area contributed by atoms with Crippen molar-refractivity contribution >= 4 is 5.97 Å². The van der Waals surface area contributed by atoms with E-state index in [1.807, 2.05) is 0 Å². The first-order valence-electron chi connectivity index (χ1n) is 13.1. The zero-order valence-electron chi connectivity index (χ0n) is 20.6. The lowest BCUT2D eigenvalue weighted by Gasteiger charge is -2.32. The molecule has 0 radical (unpaired) electrons. The maximum Gasteiger partial charge on any atom is 0.105 e. The first kappa shape index (κ1) is 29.4. The number of carbonyl (C=O) groups excluding carboxylic acids is 1. The molecule has 1 N–H and O–H groups in total. The van der Waals surface area contributed by atoms with Gasteiger partial charge in [-0.3, -0.25) is 0 Å². The number of hydrogen-bond acceptors (Lipinski definition) is 3. The first-order valence-corrected chi connectivity index (χ1v) is 13.1. The van der Waals surface area contributed by atoms with Gasteiger partial charge in [0.05, 0.1) is 20.6 Å². The number of carboxylic acids is 1. The number of quaternary nitrogens is 1. The van der Waals surface area contributed by atoms with Gasteiger partial charge in [-0.1, -0.05) is 96.8 Å². The fourth-order valence-corrected chi connectivity index (χ4v) is 4.31. The first-order chi connectivity index (χ1) is 14.4. The lowest BCUT2D eigenvalue weighted by atomic mass is 10.0. The fraction of sp³-hybridized carbons (Fsp3) is 0.962. The van der Waals surface area contributed by atoms with E-state index >= 15 is 0 Å². The molecule has 0 fully saturated rings. The molecule has 0 bridgehead atoms. The minimum absolute atomic E-state index is 0.156. The average Bonchev–Trinajstić information content (AvgIpc) is 2.67. The van der Waals surface area contributed by atoms with E-state index in [9.17, 15) is 15.0 Å². The molecule has 30 heavy (non-hydrogen) atoms. The quantitative estimate of drug-likeness (QED) is 0.170. The Bertz CT molecular complexity index is 384. The van der Waals surface area contributed by atoms with Crippen LogP contribution in [0.3, 0.4) is 0 Å². The Morgan fingerprint density at radius 1 is 0.733 bits per heavy atom. The van der Waals surface area contributed by atoms with Crippen LogP contribution in [-0.4, -0.2) is 48.8 Å². The van der Waals surface area contributed by atoms with Gasteiger partial charge in [-0.25, -0.2) is 0 Å². The molecule has 0 aliphatic heterocycles. The molecule has 0 heterocycles. The highest BCUT2D eigenvalue weighted by atomic mass is 16.4. The summed E-state index contributed by atoms with van der Waals surface area (Å²) in [6.45, 7) is 4.29. The number of unbranched alkanes of at least 4 members (excludes halogenated alkanes) is 15. The van der Waals surface area contributed by atoms with Crippen LogP contribution in [0.4, 0.5) is 0 Å². The number of aliphatic carboxylic acids is 1. The molecule has 4 heteroatoms. The maximum atomic E-state index is 10.4. The summed E-state index contributed by atoms with van der Waals surface area (Å²) in [5.41, 5.74) is 0. The molecule has 0 saturated heterocycles. The Hall–Kier alpha value is -0.610. The summed E-state index contributed by atoms with van der Waals surface area (Å²) in [6, 6.07) is 0. The number of carbonyl (C=O) groups is 1. The van der Waals surface area contributed by atoms with Gasteiger partial charge in [0.25, 0.3) is 0 Å². The van der Waals surface area contributed by atoms with Crippen molar-refractivity contribution in [2.75, 3.05) is 27.2 Å². The van der Waals surface area contributed by atoms with Gasteiger partial charge < -0.3 is 19.5 Å². The number of likely N-dealkylation sites (N-methyl/N-ethyl adjacent to an activating group) is 1. The molecule has 4 nitrogen and oxygen atoms in total. The van der Waals surface area contributed by atoms with E-state index in [0.29, 0.717) is 0 Å². The monoisotopic (exact) mass is 427 g/mol. The highest BCUT2D eigenvalue weighted by Crippen LogP contribution is 2.14. The van der Waals surface area contributed by atoms with Crippen molar-refractivity contribution in [1.82, 2.24) is 0 Å². The topological polar surface area (TPSA) is 60.4 Å². The molecule has 180 valence electrons. The van der Waals surface area contributed by atoms with Gasteiger partial charge in [0.1, 0.15) is 12.6 Å². The summed E-state index contributed by atoms with van der Waals surface area (Å²) < 4.78 is 0.927. The number of rotatable bonds is 23. The fourth-order valence-electron chi connectivity index (χ4n) is 4.31. The highest BCUT2D eigenvalue weighted by molar-refractivity contribution is 5.63. The van der Waals surface area contributed by atoms with Crippen molar-refractivity contribution in [1.29, 1.82) is 0 Å². The number of aliphatic hydroxyl groups is 1. The maximum absolute atomic E-state index is 10.4. The minimum Gasteiger partial charge on any atom is -0.550 e. The van der Waals surface area contributed by atoms with Gasteiger partial charge in [0.2, 0.25) is 0 Å². The molecule has 0 aliphatic rings. The normalized spacial score (nSPS) is 12.9. The van der Waals surface area contributed by atoms with Crippen LogP contribution in [0.5, 0.6) is 0 Å². The predicted octanol–water partition coefficient (Wildman–Crippen LogP) is 5.61. The van der Waals surface area contributed by atoms with E-state index in [0.717, 1.165) is 43.3 Å². The van der Waals surface area contributed by atoms with E-state index in [-0.39, 0.29) is 12.5 Å². The van der Waals surface area contributed by atoms with Gasteiger partial charge in [-0.05, 0) is 32.1 Å². The SMILES string of the molecule is CCCCCCCCCCC(O)C[N+](C)(C)CCCCCCCCCCCC(=O)[O-]. The molecule has 0 aliphatic carbocycles. The summed E-state index contributed by atoms with van der Waals surface area (Å²) in [5.74, 6) is -0.919. The third-order valence-corrected chi connectivity index (χ3v) is 6.24. The van der Waals surface area contributed by atoms with E-state index in [1.165, 1.54) is 89.9 Å². The summed E-state index contributed by atoms with van der Waals surface area (Å²) in [4.78, 5) is 10.3. The Balaban J connectivity index is 3.49. The lowest BCUT2D eigenvalue weighted by Crippen LogP contribution is -2.45. The van der Waals surface area contributed by atoms with Crippen molar-refractivity contribution in [3.8, 4) is 0 Å². The van der Waals surface area contributed by atoms with Gasteiger partial charge in [0, 0.05) is 5.97 Å². The van der Waals surface area contributed by atoms with Crippen molar-refractivity contribution in [3.63, 3.8) is 0 Å². The molecular weight excluding hydrogens is 374 g/mol. The molecule has 0 aromatic carbocycles.